The number of hydrogen-bond acceptors (Lipinski definition) is 6. The summed E-state index contributed by atoms with van der Waals surface area (Å²) in [5.41, 5.74) is 1.82. The highest BCUT2D eigenvalue weighted by molar-refractivity contribution is 5.88. The Morgan fingerprint density at radius 1 is 1.19 bits per heavy atom. The number of benzene rings is 1. The number of hydrogen-bond donors (Lipinski definition) is 2. The van der Waals surface area contributed by atoms with E-state index in [1.54, 1.807) is 30.8 Å². The average Bonchev–Trinajstić information content (AvgIpc) is 3.23. The molecule has 3 aromatic heterocycles. The smallest absolute Gasteiger partial charge is 0.425 e. The molecular weight excluding hydrogens is 424 g/mol. The van der Waals surface area contributed by atoms with Gasteiger partial charge in [-0.2, -0.15) is 23.7 Å². The fourth-order valence-electron chi connectivity index (χ4n) is 2.99. The molecule has 0 radical (unpaired) electrons. The van der Waals surface area contributed by atoms with E-state index < -0.39 is 29.0 Å². The Hall–Kier alpha value is -4.48. The molecule has 0 unspecified atom stereocenters. The highest BCUT2D eigenvalue weighted by Crippen LogP contribution is 2.31. The number of alkyl halides is 2. The van der Waals surface area contributed by atoms with Gasteiger partial charge in [0.05, 0.1) is 17.4 Å². The number of fused-ring (bicyclic) bond motifs is 1. The summed E-state index contributed by atoms with van der Waals surface area (Å²) in [5.74, 6) is -5.71. The standard InChI is InChI=1S/C20H15F2N7O3/c1-28-11-13(10-24-28)16-6-7-17(25-26-19(31)32)29(27-16)18(30)20(21,22)14-4-5-15-12(9-14)3-2-8-23-15/h2-11,26H,1H3,(H,31,32)/b25-17+. The maximum atomic E-state index is 15.3. The van der Waals surface area contributed by atoms with Gasteiger partial charge >= 0.3 is 17.9 Å². The van der Waals surface area contributed by atoms with E-state index in [1.807, 2.05) is 0 Å². The Balaban J connectivity index is 1.83. The molecule has 10 nitrogen and oxygen atoms in total. The number of nitrogens with one attached hydrogen (secondary N) is 1. The predicted octanol–water partition coefficient (Wildman–Crippen LogP) is 2.35. The predicted molar refractivity (Wildman–Crippen MR) is 107 cm³/mol. The first-order valence-electron chi connectivity index (χ1n) is 9.15. The summed E-state index contributed by atoms with van der Waals surface area (Å²) in [6.07, 6.45) is 3.02. The van der Waals surface area contributed by atoms with Gasteiger partial charge in [-0.1, -0.05) is 12.1 Å². The molecule has 4 rings (SSSR count). The van der Waals surface area contributed by atoms with E-state index in [0.29, 0.717) is 21.1 Å². The molecule has 1 amide bonds. The van der Waals surface area contributed by atoms with Crippen molar-refractivity contribution >= 4 is 22.9 Å². The van der Waals surface area contributed by atoms with Gasteiger partial charge in [0.15, 0.2) is 5.49 Å². The largest absolute Gasteiger partial charge is 0.464 e. The zero-order valence-electron chi connectivity index (χ0n) is 16.5. The first-order valence-corrected chi connectivity index (χ1v) is 9.15. The minimum atomic E-state index is -4.00. The van der Waals surface area contributed by atoms with Gasteiger partial charge in [-0.05, 0) is 30.3 Å². The lowest BCUT2D eigenvalue weighted by molar-refractivity contribution is -0.00394. The Morgan fingerprint density at radius 3 is 2.72 bits per heavy atom. The lowest BCUT2D eigenvalue weighted by atomic mass is 10.0. The monoisotopic (exact) mass is 439 g/mol. The van der Waals surface area contributed by atoms with Gasteiger partial charge < -0.3 is 5.11 Å². The number of aromatic nitrogens is 5. The summed E-state index contributed by atoms with van der Waals surface area (Å²) in [5, 5.41) is 20.7. The highest BCUT2D eigenvalue weighted by Gasteiger charge is 2.43. The van der Waals surface area contributed by atoms with Crippen LogP contribution in [0.25, 0.3) is 22.2 Å². The van der Waals surface area contributed by atoms with E-state index in [0.717, 1.165) is 12.1 Å². The van der Waals surface area contributed by atoms with E-state index in [2.05, 4.69) is 20.3 Å². The number of carbonyl (C=O) groups is 2. The van der Waals surface area contributed by atoms with Crippen molar-refractivity contribution in [1.29, 1.82) is 0 Å². The van der Waals surface area contributed by atoms with E-state index in [-0.39, 0.29) is 5.69 Å². The minimum absolute atomic E-state index is 0.166. The van der Waals surface area contributed by atoms with E-state index in [4.69, 9.17) is 5.11 Å². The van der Waals surface area contributed by atoms with Crippen molar-refractivity contribution in [2.24, 2.45) is 12.1 Å². The van der Waals surface area contributed by atoms with E-state index >= 15 is 8.78 Å². The van der Waals surface area contributed by atoms with E-state index in [1.165, 1.54) is 35.3 Å². The van der Waals surface area contributed by atoms with Crippen LogP contribution >= 0.6 is 0 Å². The van der Waals surface area contributed by atoms with Crippen LogP contribution < -0.4 is 10.9 Å². The van der Waals surface area contributed by atoms with Crippen LogP contribution in [0.1, 0.15) is 10.4 Å². The molecule has 162 valence electrons. The fourth-order valence-corrected chi connectivity index (χ4v) is 2.99. The topological polar surface area (TPSA) is 127 Å². The molecular formula is C20H15F2N7O3. The van der Waals surface area contributed by atoms with Crippen molar-refractivity contribution < 1.29 is 23.5 Å². The van der Waals surface area contributed by atoms with Crippen LogP contribution in [0.4, 0.5) is 13.6 Å². The SMILES string of the molecule is Cn1cc(-c2cc/c(=N\NC(=O)O)n(C(=O)C(F)(F)c3ccc4ncccc4c3)n2)cn1. The molecule has 0 atom stereocenters. The molecule has 3 heterocycles. The van der Waals surface area contributed by atoms with Gasteiger partial charge in [0.25, 0.3) is 0 Å². The number of halogens is 2. The van der Waals surface area contributed by atoms with Crippen LogP contribution in [-0.4, -0.2) is 41.7 Å². The van der Waals surface area contributed by atoms with Gasteiger partial charge in [-0.25, -0.2) is 10.2 Å². The number of amides is 1. The first-order chi connectivity index (χ1) is 15.3. The maximum absolute atomic E-state index is 15.3. The Bertz CT molecular complexity index is 1410. The minimum Gasteiger partial charge on any atom is -0.464 e. The second kappa shape index (κ2) is 7.98. The van der Waals surface area contributed by atoms with Crippen LogP contribution in [0.2, 0.25) is 0 Å². The molecule has 0 spiro atoms. The van der Waals surface area contributed by atoms with Crippen molar-refractivity contribution in [2.45, 2.75) is 5.92 Å². The molecule has 0 aliphatic rings. The van der Waals surface area contributed by atoms with Crippen molar-refractivity contribution in [3.8, 4) is 11.3 Å². The second-order valence-corrected chi connectivity index (χ2v) is 6.71. The maximum Gasteiger partial charge on any atom is 0.425 e. The van der Waals surface area contributed by atoms with Crippen LogP contribution in [0, 0.1) is 0 Å². The van der Waals surface area contributed by atoms with Crippen LogP contribution in [-0.2, 0) is 13.0 Å². The Kier molecular flexibility index (Phi) is 5.18. The van der Waals surface area contributed by atoms with Gasteiger partial charge in [-0.15, -0.1) is 5.10 Å². The molecule has 0 aliphatic carbocycles. The Labute approximate surface area is 178 Å². The number of pyridine rings is 1. The number of rotatable bonds is 4. The van der Waals surface area contributed by atoms with Crippen LogP contribution in [0.3, 0.4) is 0 Å². The summed E-state index contributed by atoms with van der Waals surface area (Å²) in [6.45, 7) is 0. The normalized spacial score (nSPS) is 12.2. The molecule has 0 aliphatic heterocycles. The Morgan fingerprint density at radius 2 is 2.00 bits per heavy atom. The summed E-state index contributed by atoms with van der Waals surface area (Å²) >= 11 is 0. The van der Waals surface area contributed by atoms with E-state index in [9.17, 15) is 9.59 Å². The third-order valence-electron chi connectivity index (χ3n) is 4.51. The lowest BCUT2D eigenvalue weighted by Gasteiger charge is -2.17. The molecule has 0 saturated carbocycles. The van der Waals surface area contributed by atoms with Gasteiger partial charge in [0.1, 0.15) is 0 Å². The molecule has 1 aromatic carbocycles. The first kappa shape index (κ1) is 20.8. The molecule has 0 bridgehead atoms. The third kappa shape index (κ3) is 3.93. The number of aryl methyl sites for hydroxylation is 1. The summed E-state index contributed by atoms with van der Waals surface area (Å²) in [7, 11) is 1.66. The number of carboxylic acid groups (broad SMARTS) is 1. The number of carbonyl (C=O) groups excluding carboxylic acids is 1. The zero-order valence-corrected chi connectivity index (χ0v) is 16.5. The van der Waals surface area contributed by atoms with Crippen molar-refractivity contribution in [1.82, 2.24) is 30.0 Å². The molecule has 0 saturated heterocycles. The summed E-state index contributed by atoms with van der Waals surface area (Å²) < 4.78 is 32.4. The highest BCUT2D eigenvalue weighted by atomic mass is 19.3. The average molecular weight is 439 g/mol. The second-order valence-electron chi connectivity index (χ2n) is 6.71. The lowest BCUT2D eigenvalue weighted by Crippen LogP contribution is -2.41. The number of nitrogens with zero attached hydrogens (tertiary/aromatic N) is 6. The van der Waals surface area contributed by atoms with Crippen molar-refractivity contribution in [2.75, 3.05) is 0 Å². The van der Waals surface area contributed by atoms with Gasteiger partial charge in [-0.3, -0.25) is 14.5 Å². The zero-order chi connectivity index (χ0) is 22.9. The van der Waals surface area contributed by atoms with Crippen molar-refractivity contribution in [3.63, 3.8) is 0 Å². The summed E-state index contributed by atoms with van der Waals surface area (Å²) in [4.78, 5) is 27.8. The third-order valence-corrected chi connectivity index (χ3v) is 4.51. The fraction of sp³-hybridized carbons (Fsp3) is 0.100. The van der Waals surface area contributed by atoms with Crippen molar-refractivity contribution in [3.05, 3.63) is 72.1 Å². The molecule has 32 heavy (non-hydrogen) atoms. The quantitative estimate of drug-likeness (QED) is 0.470. The molecule has 12 heteroatoms. The van der Waals surface area contributed by atoms with Gasteiger partial charge in [0, 0.05) is 36.0 Å². The molecule has 0 fully saturated rings. The van der Waals surface area contributed by atoms with Gasteiger partial charge in [0.2, 0.25) is 0 Å². The summed E-state index contributed by atoms with van der Waals surface area (Å²) in [6, 6.07) is 9.44. The van der Waals surface area contributed by atoms with Crippen LogP contribution in [0.5, 0.6) is 0 Å². The molecule has 2 N–H and O–H groups in total. The molecule has 4 aromatic rings. The van der Waals surface area contributed by atoms with Crippen LogP contribution in [0.15, 0.2) is 66.2 Å².